The molecule has 0 saturated carbocycles. The van der Waals surface area contributed by atoms with E-state index < -0.39 is 11.9 Å². The van der Waals surface area contributed by atoms with E-state index in [1.807, 2.05) is 12.1 Å². The van der Waals surface area contributed by atoms with Crippen LogP contribution in [0.25, 0.3) is 5.57 Å². The predicted molar refractivity (Wildman–Crippen MR) is 126 cm³/mol. The van der Waals surface area contributed by atoms with Gasteiger partial charge in [0.1, 0.15) is 5.75 Å². The predicted octanol–water partition coefficient (Wildman–Crippen LogP) is 4.95. The highest BCUT2D eigenvalue weighted by Gasteiger charge is 2.24. The number of aliphatic carboxylic acids is 2. The molecule has 2 aromatic carbocycles. The number of halogens is 1. The highest BCUT2D eigenvalue weighted by molar-refractivity contribution is 6.30. The van der Waals surface area contributed by atoms with Gasteiger partial charge in [0.15, 0.2) is 0 Å². The first-order valence-corrected chi connectivity index (χ1v) is 10.6. The SMILES string of the molecule is CN(C)CC/C=C1\c2ccc(Cl)cc2OCCC1c1ccccc1.O=C(O)/C=C\C(=O)O. The smallest absolute Gasteiger partial charge is 0.328 e. The molecule has 170 valence electrons. The zero-order chi connectivity index (χ0) is 23.5. The Bertz CT molecular complexity index is 954. The Hall–Kier alpha value is -3.09. The van der Waals surface area contributed by atoms with Crippen molar-refractivity contribution in [1.29, 1.82) is 0 Å². The molecule has 0 aliphatic carbocycles. The van der Waals surface area contributed by atoms with Gasteiger partial charge in [-0.2, -0.15) is 0 Å². The van der Waals surface area contributed by atoms with Crippen LogP contribution in [0.3, 0.4) is 0 Å². The van der Waals surface area contributed by atoms with Gasteiger partial charge in [-0.15, -0.1) is 0 Å². The van der Waals surface area contributed by atoms with Crippen LogP contribution in [0.2, 0.25) is 5.02 Å². The first kappa shape index (κ1) is 25.2. The van der Waals surface area contributed by atoms with E-state index in [-0.39, 0.29) is 0 Å². The van der Waals surface area contributed by atoms with Crippen molar-refractivity contribution in [1.82, 2.24) is 4.90 Å². The van der Waals surface area contributed by atoms with Gasteiger partial charge in [0.05, 0.1) is 6.61 Å². The van der Waals surface area contributed by atoms with E-state index in [0.29, 0.717) is 24.7 Å². The maximum atomic E-state index is 9.55. The number of carboxylic acids is 2. The van der Waals surface area contributed by atoms with E-state index in [1.165, 1.54) is 16.7 Å². The summed E-state index contributed by atoms with van der Waals surface area (Å²) in [6, 6.07) is 16.7. The fourth-order valence-corrected chi connectivity index (χ4v) is 3.55. The lowest BCUT2D eigenvalue weighted by Gasteiger charge is -2.19. The minimum atomic E-state index is -1.26. The maximum absolute atomic E-state index is 9.55. The van der Waals surface area contributed by atoms with Crippen LogP contribution in [0.5, 0.6) is 5.75 Å². The molecule has 0 bridgehead atoms. The number of allylic oxidation sites excluding steroid dienone is 1. The first-order chi connectivity index (χ1) is 15.3. The molecule has 0 aromatic heterocycles. The minimum Gasteiger partial charge on any atom is -0.493 e. The normalized spacial score (nSPS) is 16.6. The Labute approximate surface area is 193 Å². The van der Waals surface area contributed by atoms with Crippen LogP contribution in [0.1, 0.15) is 29.9 Å². The molecule has 1 unspecified atom stereocenters. The van der Waals surface area contributed by atoms with Crippen molar-refractivity contribution in [3.05, 3.63) is 82.9 Å². The van der Waals surface area contributed by atoms with Crippen molar-refractivity contribution in [2.75, 3.05) is 27.2 Å². The summed E-state index contributed by atoms with van der Waals surface area (Å²) in [7, 11) is 4.22. The van der Waals surface area contributed by atoms with Gasteiger partial charge in [0.2, 0.25) is 0 Å². The van der Waals surface area contributed by atoms with Crippen molar-refractivity contribution in [3.63, 3.8) is 0 Å². The third-order valence-electron chi connectivity index (χ3n) is 4.81. The molecule has 0 saturated heterocycles. The van der Waals surface area contributed by atoms with Crippen molar-refractivity contribution < 1.29 is 24.5 Å². The second-order valence-corrected chi connectivity index (χ2v) is 7.94. The molecule has 1 aliphatic heterocycles. The standard InChI is InChI=1S/C21H24ClNO.C4H4O4/c1-23(2)13-6-9-19-18(16-7-4-3-5-8-16)12-14-24-21-15-17(22)10-11-20(19)21;5-3(6)1-2-4(7)8/h3-5,7-11,15,18H,6,12-14H2,1-2H3;1-2H,(H,5,6)(H,7,8)/b19-9-;2-1-. The van der Waals surface area contributed by atoms with Gasteiger partial charge in [-0.1, -0.05) is 48.0 Å². The molecule has 0 amide bonds. The van der Waals surface area contributed by atoms with Gasteiger partial charge < -0.3 is 19.8 Å². The van der Waals surface area contributed by atoms with E-state index in [2.05, 4.69) is 61.5 Å². The number of rotatable bonds is 6. The molecule has 6 nitrogen and oxygen atoms in total. The number of carboxylic acid groups (broad SMARTS) is 2. The summed E-state index contributed by atoms with van der Waals surface area (Å²) < 4.78 is 6.00. The lowest BCUT2D eigenvalue weighted by molar-refractivity contribution is -0.134. The fourth-order valence-electron chi connectivity index (χ4n) is 3.39. The van der Waals surface area contributed by atoms with E-state index in [1.54, 1.807) is 0 Å². The largest absolute Gasteiger partial charge is 0.493 e. The summed E-state index contributed by atoms with van der Waals surface area (Å²) in [4.78, 5) is 21.3. The monoisotopic (exact) mass is 457 g/mol. The highest BCUT2D eigenvalue weighted by atomic mass is 35.5. The highest BCUT2D eigenvalue weighted by Crippen LogP contribution is 2.42. The van der Waals surface area contributed by atoms with Crippen LogP contribution in [-0.2, 0) is 9.59 Å². The van der Waals surface area contributed by atoms with E-state index in [9.17, 15) is 9.59 Å². The summed E-state index contributed by atoms with van der Waals surface area (Å²) in [6.07, 6.45) is 5.49. The van der Waals surface area contributed by atoms with E-state index in [0.717, 1.165) is 30.2 Å². The van der Waals surface area contributed by atoms with Gasteiger partial charge in [-0.25, -0.2) is 9.59 Å². The van der Waals surface area contributed by atoms with Crippen molar-refractivity contribution >= 4 is 29.1 Å². The molecule has 3 rings (SSSR count). The number of hydrogen-bond donors (Lipinski definition) is 2. The lowest BCUT2D eigenvalue weighted by Crippen LogP contribution is -2.12. The van der Waals surface area contributed by atoms with Gasteiger partial charge in [0.25, 0.3) is 0 Å². The number of fused-ring (bicyclic) bond motifs is 1. The number of carbonyl (C=O) groups is 2. The fraction of sp³-hybridized carbons (Fsp3) is 0.280. The third kappa shape index (κ3) is 8.21. The molecule has 0 radical (unpaired) electrons. The Morgan fingerprint density at radius 2 is 1.75 bits per heavy atom. The van der Waals surface area contributed by atoms with Gasteiger partial charge in [-0.3, -0.25) is 0 Å². The minimum absolute atomic E-state index is 0.357. The summed E-state index contributed by atoms with van der Waals surface area (Å²) in [5, 5.41) is 16.3. The second-order valence-electron chi connectivity index (χ2n) is 7.50. The van der Waals surface area contributed by atoms with Crippen LogP contribution >= 0.6 is 11.6 Å². The molecule has 0 spiro atoms. The summed E-state index contributed by atoms with van der Waals surface area (Å²) in [6.45, 7) is 1.74. The van der Waals surface area contributed by atoms with Gasteiger partial charge in [0, 0.05) is 35.2 Å². The molecule has 2 aromatic rings. The van der Waals surface area contributed by atoms with Crippen LogP contribution in [0, 0.1) is 0 Å². The maximum Gasteiger partial charge on any atom is 0.328 e. The molecular weight excluding hydrogens is 430 g/mol. The van der Waals surface area contributed by atoms with Crippen LogP contribution in [0.15, 0.2) is 66.8 Å². The van der Waals surface area contributed by atoms with Crippen molar-refractivity contribution in [3.8, 4) is 5.75 Å². The van der Waals surface area contributed by atoms with E-state index >= 15 is 0 Å². The Balaban J connectivity index is 0.000000390. The van der Waals surface area contributed by atoms with Crippen LogP contribution in [-0.4, -0.2) is 54.3 Å². The molecule has 32 heavy (non-hydrogen) atoms. The number of nitrogens with zero attached hydrogens (tertiary/aromatic N) is 1. The van der Waals surface area contributed by atoms with Gasteiger partial charge >= 0.3 is 11.9 Å². The summed E-state index contributed by atoms with van der Waals surface area (Å²) in [5.41, 5.74) is 3.87. The second kappa shape index (κ2) is 12.7. The molecule has 7 heteroatoms. The third-order valence-corrected chi connectivity index (χ3v) is 5.04. The average molecular weight is 458 g/mol. The number of benzene rings is 2. The average Bonchev–Trinajstić information content (AvgIpc) is 2.92. The molecule has 1 heterocycles. The molecular formula is C25H28ClNO5. The quantitative estimate of drug-likeness (QED) is 0.596. The number of ether oxygens (including phenoxy) is 1. The van der Waals surface area contributed by atoms with Crippen LogP contribution in [0.4, 0.5) is 0 Å². The first-order valence-electron chi connectivity index (χ1n) is 10.2. The number of hydrogen-bond acceptors (Lipinski definition) is 4. The molecule has 1 aliphatic rings. The van der Waals surface area contributed by atoms with E-state index in [4.69, 9.17) is 26.6 Å². The Morgan fingerprint density at radius 1 is 1.09 bits per heavy atom. The van der Waals surface area contributed by atoms with Crippen LogP contribution < -0.4 is 4.74 Å². The van der Waals surface area contributed by atoms with Crippen molar-refractivity contribution in [2.45, 2.75) is 18.8 Å². The summed E-state index contributed by atoms with van der Waals surface area (Å²) >= 11 is 6.17. The topological polar surface area (TPSA) is 87.1 Å². The Morgan fingerprint density at radius 3 is 2.34 bits per heavy atom. The molecule has 0 fully saturated rings. The zero-order valence-corrected chi connectivity index (χ0v) is 19.0. The zero-order valence-electron chi connectivity index (χ0n) is 18.2. The Kier molecular flexibility index (Phi) is 9.98. The molecule has 2 N–H and O–H groups in total. The van der Waals surface area contributed by atoms with Crippen molar-refractivity contribution in [2.24, 2.45) is 0 Å². The van der Waals surface area contributed by atoms with Gasteiger partial charge in [-0.05, 0) is 56.3 Å². The molecule has 1 atom stereocenters. The summed E-state index contributed by atoms with van der Waals surface area (Å²) in [5.74, 6) is -1.26. The lowest BCUT2D eigenvalue weighted by atomic mass is 9.84.